The molecule has 0 fully saturated rings. The average molecular weight is 307 g/mol. The van der Waals surface area contributed by atoms with Gasteiger partial charge in [0.2, 0.25) is 5.75 Å². The van der Waals surface area contributed by atoms with Gasteiger partial charge in [0.05, 0.1) is 24.1 Å². The Morgan fingerprint density at radius 2 is 2.27 bits per heavy atom. The number of primary amides is 1. The third kappa shape index (κ3) is 3.29. The number of ether oxygens (including phenoxy) is 2. The van der Waals surface area contributed by atoms with Crippen LogP contribution in [0, 0.1) is 10.1 Å². The van der Waals surface area contributed by atoms with E-state index in [-0.39, 0.29) is 30.4 Å². The Morgan fingerprint density at radius 1 is 1.50 bits per heavy atom. The molecule has 2 rings (SSSR count). The third-order valence-electron chi connectivity index (χ3n) is 2.74. The molecule has 0 unspecified atom stereocenters. The number of nitro groups is 1. The van der Waals surface area contributed by atoms with E-state index in [0.717, 1.165) is 0 Å². The highest BCUT2D eigenvalue weighted by Crippen LogP contribution is 2.35. The second kappa shape index (κ2) is 6.52. The zero-order chi connectivity index (χ0) is 16.1. The number of carbonyl (C=O) groups excluding carboxylic acids is 1. The Morgan fingerprint density at radius 3 is 2.91 bits per heavy atom. The molecule has 2 N–H and O–H groups in total. The number of hydrogen-bond acceptors (Lipinski definition) is 7. The molecule has 1 aromatic carbocycles. The van der Waals surface area contributed by atoms with Crippen LogP contribution in [-0.2, 0) is 11.3 Å². The Bertz CT molecular complexity index is 699. The zero-order valence-electron chi connectivity index (χ0n) is 11.6. The van der Waals surface area contributed by atoms with Gasteiger partial charge in [0, 0.05) is 6.07 Å². The number of methoxy groups -OCH3 is 1. The average Bonchev–Trinajstić information content (AvgIpc) is 2.94. The first-order valence-corrected chi connectivity index (χ1v) is 6.16. The number of nitrogens with zero attached hydrogens (tertiary/aromatic N) is 4. The highest BCUT2D eigenvalue weighted by molar-refractivity contribution is 5.70. The van der Waals surface area contributed by atoms with Crippen LogP contribution in [0.4, 0.5) is 10.5 Å². The molecule has 0 aliphatic heterocycles. The number of nitrogens with two attached hydrogens (primary N) is 1. The Labute approximate surface area is 124 Å². The van der Waals surface area contributed by atoms with Crippen molar-refractivity contribution >= 4 is 11.8 Å². The summed E-state index contributed by atoms with van der Waals surface area (Å²) in [5.74, 6) is 0.346. The Balaban J connectivity index is 2.25. The first-order chi connectivity index (χ1) is 10.5. The van der Waals surface area contributed by atoms with Crippen molar-refractivity contribution in [3.05, 3.63) is 34.6 Å². The summed E-state index contributed by atoms with van der Waals surface area (Å²) in [4.78, 5) is 25.0. The van der Waals surface area contributed by atoms with Gasteiger partial charge in [0.25, 0.3) is 0 Å². The van der Waals surface area contributed by atoms with Crippen molar-refractivity contribution in [3.8, 4) is 17.1 Å². The maximum Gasteiger partial charge on any atom is 0.404 e. The van der Waals surface area contributed by atoms with E-state index in [1.54, 1.807) is 6.07 Å². The highest BCUT2D eigenvalue weighted by atomic mass is 16.6. The summed E-state index contributed by atoms with van der Waals surface area (Å²) in [5, 5.41) is 15.2. The van der Waals surface area contributed by atoms with Crippen LogP contribution in [-0.4, -0.2) is 39.5 Å². The minimum absolute atomic E-state index is 0.0458. The first-order valence-electron chi connectivity index (χ1n) is 6.16. The molecule has 0 aliphatic carbocycles. The molecule has 0 radical (unpaired) electrons. The van der Waals surface area contributed by atoms with Gasteiger partial charge in [-0.1, -0.05) is 6.07 Å². The number of amides is 1. The van der Waals surface area contributed by atoms with Gasteiger partial charge in [-0.05, 0) is 6.07 Å². The maximum atomic E-state index is 11.0. The van der Waals surface area contributed by atoms with Crippen LogP contribution in [0.3, 0.4) is 0 Å². The van der Waals surface area contributed by atoms with Crippen molar-refractivity contribution in [2.75, 3.05) is 13.7 Å². The lowest BCUT2D eigenvalue weighted by molar-refractivity contribution is -0.385. The van der Waals surface area contributed by atoms with E-state index in [4.69, 9.17) is 10.5 Å². The molecule has 10 nitrogen and oxygen atoms in total. The molecule has 0 saturated heterocycles. The molecular formula is C12H13N5O5. The van der Waals surface area contributed by atoms with E-state index in [0.29, 0.717) is 5.56 Å². The summed E-state index contributed by atoms with van der Waals surface area (Å²) >= 11 is 0. The Kier molecular flexibility index (Phi) is 4.51. The third-order valence-corrected chi connectivity index (χ3v) is 2.74. The van der Waals surface area contributed by atoms with Gasteiger partial charge in [-0.2, -0.15) is 5.10 Å². The topological polar surface area (TPSA) is 135 Å². The molecule has 1 amide bonds. The van der Waals surface area contributed by atoms with Crippen molar-refractivity contribution in [3.63, 3.8) is 0 Å². The van der Waals surface area contributed by atoms with E-state index in [2.05, 4.69) is 14.8 Å². The summed E-state index contributed by atoms with van der Waals surface area (Å²) in [5.41, 5.74) is 5.07. The minimum Gasteiger partial charge on any atom is -0.490 e. The molecule has 22 heavy (non-hydrogen) atoms. The molecule has 1 heterocycles. The second-order valence-corrected chi connectivity index (χ2v) is 4.11. The predicted octanol–water partition coefficient (Wildman–Crippen LogP) is 0.957. The molecule has 0 spiro atoms. The van der Waals surface area contributed by atoms with E-state index in [1.165, 1.54) is 30.3 Å². The monoisotopic (exact) mass is 307 g/mol. The van der Waals surface area contributed by atoms with Gasteiger partial charge in [-0.25, -0.2) is 14.5 Å². The molecule has 10 heteroatoms. The molecular weight excluding hydrogens is 294 g/mol. The minimum atomic E-state index is -0.874. The number of para-hydroxylation sites is 1. The smallest absolute Gasteiger partial charge is 0.404 e. The van der Waals surface area contributed by atoms with Crippen LogP contribution < -0.4 is 10.5 Å². The SMILES string of the molecule is COc1c(-c2ncn(CCOC(N)=O)n2)cccc1[N+](=O)[O-]. The van der Waals surface area contributed by atoms with Crippen LogP contribution in [0.15, 0.2) is 24.5 Å². The van der Waals surface area contributed by atoms with Gasteiger partial charge in [-0.3, -0.25) is 10.1 Å². The number of carbonyl (C=O) groups is 1. The summed E-state index contributed by atoms with van der Waals surface area (Å²) in [6.07, 6.45) is 0.540. The second-order valence-electron chi connectivity index (χ2n) is 4.11. The number of benzene rings is 1. The van der Waals surface area contributed by atoms with Gasteiger partial charge in [0.1, 0.15) is 12.9 Å². The predicted molar refractivity (Wildman–Crippen MR) is 74.2 cm³/mol. The van der Waals surface area contributed by atoms with Crippen molar-refractivity contribution in [2.45, 2.75) is 6.54 Å². The summed E-state index contributed by atoms with van der Waals surface area (Å²) in [7, 11) is 1.34. The van der Waals surface area contributed by atoms with E-state index in [9.17, 15) is 14.9 Å². The zero-order valence-corrected chi connectivity index (χ0v) is 11.6. The first kappa shape index (κ1) is 15.2. The fourth-order valence-electron chi connectivity index (χ4n) is 1.82. The summed E-state index contributed by atoms with van der Waals surface area (Å²) in [6, 6.07) is 4.47. The largest absolute Gasteiger partial charge is 0.490 e. The summed E-state index contributed by atoms with van der Waals surface area (Å²) in [6.45, 7) is 0.303. The fourth-order valence-corrected chi connectivity index (χ4v) is 1.82. The van der Waals surface area contributed by atoms with Crippen molar-refractivity contribution in [2.24, 2.45) is 5.73 Å². The quantitative estimate of drug-likeness (QED) is 0.620. The highest BCUT2D eigenvalue weighted by Gasteiger charge is 2.21. The van der Waals surface area contributed by atoms with Crippen molar-refractivity contribution < 1.29 is 19.2 Å². The Hall–Kier alpha value is -3.17. The van der Waals surface area contributed by atoms with Gasteiger partial charge in [-0.15, -0.1) is 0 Å². The molecule has 0 bridgehead atoms. The molecule has 1 aromatic heterocycles. The molecule has 116 valence electrons. The number of nitro benzene ring substituents is 1. The van der Waals surface area contributed by atoms with E-state index >= 15 is 0 Å². The van der Waals surface area contributed by atoms with Crippen LogP contribution in [0.2, 0.25) is 0 Å². The van der Waals surface area contributed by atoms with Crippen molar-refractivity contribution in [1.82, 2.24) is 14.8 Å². The lowest BCUT2D eigenvalue weighted by atomic mass is 10.1. The lowest BCUT2D eigenvalue weighted by Crippen LogP contribution is -2.16. The summed E-state index contributed by atoms with van der Waals surface area (Å²) < 4.78 is 11.1. The van der Waals surface area contributed by atoms with Gasteiger partial charge in [0.15, 0.2) is 5.82 Å². The molecule has 2 aromatic rings. The van der Waals surface area contributed by atoms with Crippen LogP contribution in [0.5, 0.6) is 5.75 Å². The van der Waals surface area contributed by atoms with E-state index < -0.39 is 11.0 Å². The van der Waals surface area contributed by atoms with Gasteiger partial charge < -0.3 is 15.2 Å². The molecule has 0 atom stereocenters. The van der Waals surface area contributed by atoms with Gasteiger partial charge >= 0.3 is 11.8 Å². The van der Waals surface area contributed by atoms with Crippen LogP contribution in [0.1, 0.15) is 0 Å². The van der Waals surface area contributed by atoms with Crippen LogP contribution in [0.25, 0.3) is 11.4 Å². The molecule has 0 saturated carbocycles. The fraction of sp³-hybridized carbons (Fsp3) is 0.250. The van der Waals surface area contributed by atoms with Crippen LogP contribution >= 0.6 is 0 Å². The van der Waals surface area contributed by atoms with Crippen molar-refractivity contribution in [1.29, 1.82) is 0 Å². The number of hydrogen-bond donors (Lipinski definition) is 1. The lowest BCUT2D eigenvalue weighted by Gasteiger charge is -2.05. The number of rotatable bonds is 6. The standard InChI is InChI=1S/C12H13N5O5/c1-21-10-8(3-2-4-9(10)17(19)20)11-14-7-16(15-11)5-6-22-12(13)18/h2-4,7H,5-6H2,1H3,(H2,13,18). The normalized spacial score (nSPS) is 10.2. The van der Waals surface area contributed by atoms with E-state index in [1.807, 2.05) is 0 Å². The number of aromatic nitrogens is 3. The molecule has 0 aliphatic rings. The maximum absolute atomic E-state index is 11.0.